The van der Waals surface area contributed by atoms with Gasteiger partial charge in [0.25, 0.3) is 10.0 Å². The molecule has 1 aliphatic heterocycles. The summed E-state index contributed by atoms with van der Waals surface area (Å²) in [7, 11) is -0.386. The molecule has 0 radical (unpaired) electrons. The lowest BCUT2D eigenvalue weighted by Gasteiger charge is -2.30. The zero-order valence-electron chi connectivity index (χ0n) is 16.3. The van der Waals surface area contributed by atoms with E-state index >= 15 is 0 Å². The molecule has 0 atom stereocenters. The fourth-order valence-corrected chi connectivity index (χ4v) is 5.00. The average molecular weight is 414 g/mol. The summed E-state index contributed by atoms with van der Waals surface area (Å²) in [4.78, 5) is 9.18. The van der Waals surface area contributed by atoms with E-state index in [4.69, 9.17) is 9.72 Å². The minimum Gasteiger partial charge on any atom is -0.497 e. The van der Waals surface area contributed by atoms with E-state index in [9.17, 15) is 8.42 Å². The van der Waals surface area contributed by atoms with Gasteiger partial charge in [0, 0.05) is 37.8 Å². The van der Waals surface area contributed by atoms with E-state index in [0.29, 0.717) is 25.9 Å². The first-order valence-electron chi connectivity index (χ1n) is 9.31. The lowest BCUT2D eigenvalue weighted by atomic mass is 9.97. The van der Waals surface area contributed by atoms with E-state index in [1.165, 1.54) is 15.2 Å². The first-order chi connectivity index (χ1) is 14.0. The Kier molecular flexibility index (Phi) is 5.29. The average Bonchev–Trinajstić information content (AvgIpc) is 3.21. The molecule has 0 unspecified atom stereocenters. The van der Waals surface area contributed by atoms with Crippen molar-refractivity contribution in [3.8, 4) is 17.0 Å². The smallest absolute Gasteiger partial charge is 0.261 e. The topological polar surface area (TPSA) is 103 Å². The van der Waals surface area contributed by atoms with Crippen molar-refractivity contribution in [2.24, 2.45) is 7.05 Å². The molecule has 1 fully saturated rings. The Hall–Kier alpha value is -2.85. The predicted octanol–water partition coefficient (Wildman–Crippen LogP) is 1.85. The molecule has 1 saturated heterocycles. The summed E-state index contributed by atoms with van der Waals surface area (Å²) in [6.45, 7) is 0.822. The molecule has 0 amide bonds. The number of nitrogens with zero attached hydrogens (tertiary/aromatic N) is 6. The van der Waals surface area contributed by atoms with Crippen LogP contribution in [0.4, 0.5) is 0 Å². The van der Waals surface area contributed by atoms with Crippen LogP contribution < -0.4 is 4.74 Å². The highest BCUT2D eigenvalue weighted by molar-refractivity contribution is 7.89. The molecule has 0 aliphatic carbocycles. The van der Waals surface area contributed by atoms with Gasteiger partial charge >= 0.3 is 0 Å². The van der Waals surface area contributed by atoms with Crippen LogP contribution in [0.25, 0.3) is 11.3 Å². The maximum Gasteiger partial charge on any atom is 0.261 e. The third-order valence-electron chi connectivity index (χ3n) is 5.16. The van der Waals surface area contributed by atoms with Gasteiger partial charge in [-0.2, -0.15) is 4.31 Å². The van der Waals surface area contributed by atoms with Crippen molar-refractivity contribution in [2.45, 2.75) is 23.8 Å². The van der Waals surface area contributed by atoms with Crippen molar-refractivity contribution in [1.82, 2.24) is 29.3 Å². The number of benzene rings is 1. The standard InChI is InChI=1S/C19H22N6O3S/c1-24-18(13-21-23-24)29(26,27)25-11-8-15(9-12-25)19-20-10-7-17(22-19)14-3-5-16(28-2)6-4-14/h3-7,10,13,15H,8-9,11-12H2,1-2H3. The highest BCUT2D eigenvalue weighted by Gasteiger charge is 2.33. The lowest BCUT2D eigenvalue weighted by Crippen LogP contribution is -2.39. The van der Waals surface area contributed by atoms with Crippen molar-refractivity contribution >= 4 is 10.0 Å². The first-order valence-corrected chi connectivity index (χ1v) is 10.8. The van der Waals surface area contributed by atoms with Gasteiger partial charge in [-0.15, -0.1) is 5.10 Å². The molecule has 1 aliphatic rings. The normalized spacial score (nSPS) is 16.1. The highest BCUT2D eigenvalue weighted by Crippen LogP contribution is 2.30. The fourth-order valence-electron chi connectivity index (χ4n) is 3.49. The van der Waals surface area contributed by atoms with Gasteiger partial charge in [0.05, 0.1) is 19.0 Å². The number of hydrogen-bond acceptors (Lipinski definition) is 7. The van der Waals surface area contributed by atoms with Crippen LogP contribution in [0.5, 0.6) is 5.75 Å². The molecule has 152 valence electrons. The molecular weight excluding hydrogens is 392 g/mol. The van der Waals surface area contributed by atoms with Crippen LogP contribution in [0.1, 0.15) is 24.6 Å². The molecule has 0 spiro atoms. The number of sulfonamides is 1. The second-order valence-corrected chi connectivity index (χ2v) is 8.79. The largest absolute Gasteiger partial charge is 0.497 e. The summed E-state index contributed by atoms with van der Waals surface area (Å²) < 4.78 is 33.5. The maximum atomic E-state index is 12.8. The summed E-state index contributed by atoms with van der Waals surface area (Å²) in [5.74, 6) is 1.65. The van der Waals surface area contributed by atoms with Gasteiger partial charge < -0.3 is 4.74 Å². The van der Waals surface area contributed by atoms with Crippen LogP contribution in [0.2, 0.25) is 0 Å². The number of rotatable bonds is 5. The van der Waals surface area contributed by atoms with Crippen molar-refractivity contribution < 1.29 is 13.2 Å². The predicted molar refractivity (Wildman–Crippen MR) is 106 cm³/mol. The van der Waals surface area contributed by atoms with Crippen LogP contribution in [0.3, 0.4) is 0 Å². The van der Waals surface area contributed by atoms with Crippen LogP contribution >= 0.6 is 0 Å². The molecule has 4 rings (SSSR count). The Morgan fingerprint density at radius 1 is 1.10 bits per heavy atom. The van der Waals surface area contributed by atoms with Crippen molar-refractivity contribution in [3.63, 3.8) is 0 Å². The Balaban J connectivity index is 1.48. The molecule has 3 heterocycles. The SMILES string of the molecule is COc1ccc(-c2ccnc(C3CCN(S(=O)(=O)c4cnnn4C)CC3)n2)cc1. The number of piperidine rings is 1. The van der Waals surface area contributed by atoms with E-state index in [0.717, 1.165) is 22.8 Å². The van der Waals surface area contributed by atoms with Gasteiger partial charge in [-0.1, -0.05) is 5.21 Å². The quantitative estimate of drug-likeness (QED) is 0.628. The number of hydrogen-bond donors (Lipinski definition) is 0. The third-order valence-corrected chi connectivity index (χ3v) is 7.10. The summed E-state index contributed by atoms with van der Waals surface area (Å²) in [5.41, 5.74) is 1.83. The Morgan fingerprint density at radius 2 is 1.83 bits per heavy atom. The van der Waals surface area contributed by atoms with Crippen LogP contribution in [-0.2, 0) is 17.1 Å². The first kappa shape index (κ1) is 19.5. The van der Waals surface area contributed by atoms with E-state index in [-0.39, 0.29) is 10.9 Å². The summed E-state index contributed by atoms with van der Waals surface area (Å²) >= 11 is 0. The van der Waals surface area contributed by atoms with Gasteiger partial charge in [-0.05, 0) is 43.2 Å². The van der Waals surface area contributed by atoms with Crippen molar-refractivity contribution in [1.29, 1.82) is 0 Å². The van der Waals surface area contributed by atoms with E-state index in [1.807, 2.05) is 30.3 Å². The second-order valence-electron chi connectivity index (χ2n) is 6.90. The van der Waals surface area contributed by atoms with Gasteiger partial charge in [-0.3, -0.25) is 0 Å². The van der Waals surface area contributed by atoms with Gasteiger partial charge in [0.15, 0.2) is 5.03 Å². The molecule has 29 heavy (non-hydrogen) atoms. The van der Waals surface area contributed by atoms with E-state index in [2.05, 4.69) is 15.3 Å². The molecule has 0 bridgehead atoms. The molecule has 10 heteroatoms. The molecule has 0 N–H and O–H groups in total. The second kappa shape index (κ2) is 7.88. The van der Waals surface area contributed by atoms with Crippen molar-refractivity contribution in [3.05, 3.63) is 48.5 Å². The molecular formula is C19H22N6O3S. The highest BCUT2D eigenvalue weighted by atomic mass is 32.2. The van der Waals surface area contributed by atoms with E-state index < -0.39 is 10.0 Å². The summed E-state index contributed by atoms with van der Waals surface area (Å²) in [6.07, 6.45) is 4.36. The molecule has 1 aromatic carbocycles. The maximum absolute atomic E-state index is 12.8. The lowest BCUT2D eigenvalue weighted by molar-refractivity contribution is 0.311. The van der Waals surface area contributed by atoms with Crippen LogP contribution in [-0.4, -0.2) is 57.9 Å². The Bertz CT molecular complexity index is 1090. The molecule has 2 aromatic heterocycles. The summed E-state index contributed by atoms with van der Waals surface area (Å²) in [6, 6.07) is 9.59. The molecule has 3 aromatic rings. The van der Waals surface area contributed by atoms with Gasteiger partial charge in [0.1, 0.15) is 11.6 Å². The number of ether oxygens (including phenoxy) is 1. The fraction of sp³-hybridized carbons (Fsp3) is 0.368. The molecule has 0 saturated carbocycles. The minimum absolute atomic E-state index is 0.105. The number of aromatic nitrogens is 5. The number of methoxy groups -OCH3 is 1. The Labute approximate surface area is 169 Å². The van der Waals surface area contributed by atoms with Crippen molar-refractivity contribution in [2.75, 3.05) is 20.2 Å². The monoisotopic (exact) mass is 414 g/mol. The zero-order chi connectivity index (χ0) is 20.4. The van der Waals surface area contributed by atoms with Crippen LogP contribution in [0.15, 0.2) is 47.8 Å². The zero-order valence-corrected chi connectivity index (χ0v) is 17.1. The van der Waals surface area contributed by atoms with Gasteiger partial charge in [0.2, 0.25) is 0 Å². The minimum atomic E-state index is -3.59. The van der Waals surface area contributed by atoms with Crippen LogP contribution in [0, 0.1) is 0 Å². The third kappa shape index (κ3) is 3.85. The van der Waals surface area contributed by atoms with E-state index in [1.54, 1.807) is 20.4 Å². The van der Waals surface area contributed by atoms with Gasteiger partial charge in [-0.25, -0.2) is 23.1 Å². The number of aryl methyl sites for hydroxylation is 1. The Morgan fingerprint density at radius 3 is 2.45 bits per heavy atom. The molecule has 9 nitrogen and oxygen atoms in total. The summed E-state index contributed by atoms with van der Waals surface area (Å²) in [5, 5.41) is 7.50.